The van der Waals surface area contributed by atoms with Gasteiger partial charge in [0.25, 0.3) is 0 Å². The molecule has 2 rings (SSSR count). The Kier molecular flexibility index (Phi) is 6.48. The first-order valence-corrected chi connectivity index (χ1v) is 8.88. The average Bonchev–Trinajstić information content (AvgIpc) is 3.18. The lowest BCUT2D eigenvalue weighted by molar-refractivity contribution is -0.120. The maximum atomic E-state index is 12.0. The highest BCUT2D eigenvalue weighted by Gasteiger charge is 2.41. The van der Waals surface area contributed by atoms with Gasteiger partial charge >= 0.3 is 0 Å². The van der Waals surface area contributed by atoms with Gasteiger partial charge in [0.05, 0.1) is 17.0 Å². The number of sulfone groups is 1. The van der Waals surface area contributed by atoms with Gasteiger partial charge in [-0.3, -0.25) is 9.79 Å². The van der Waals surface area contributed by atoms with Gasteiger partial charge in [0.15, 0.2) is 15.8 Å². The van der Waals surface area contributed by atoms with Gasteiger partial charge in [0.1, 0.15) is 0 Å². The lowest BCUT2D eigenvalue weighted by Crippen LogP contribution is -2.58. The monoisotopic (exact) mass is 444 g/mol. The molecule has 0 spiro atoms. The molecule has 7 nitrogen and oxygen atoms in total. The highest BCUT2D eigenvalue weighted by atomic mass is 127. The fraction of sp³-hybridized carbons (Fsp3) is 0.846. The molecule has 1 aliphatic carbocycles. The molecule has 9 heteroatoms. The maximum Gasteiger partial charge on any atom is 0.239 e. The van der Waals surface area contributed by atoms with Crippen LogP contribution in [0.1, 0.15) is 26.7 Å². The van der Waals surface area contributed by atoms with Crippen molar-refractivity contribution in [3.05, 3.63) is 0 Å². The van der Waals surface area contributed by atoms with Crippen LogP contribution < -0.4 is 10.6 Å². The van der Waals surface area contributed by atoms with E-state index in [1.54, 1.807) is 20.9 Å². The van der Waals surface area contributed by atoms with Crippen molar-refractivity contribution in [1.29, 1.82) is 0 Å². The first-order chi connectivity index (χ1) is 9.75. The normalized spacial score (nSPS) is 23.4. The lowest BCUT2D eigenvalue weighted by Gasteiger charge is -2.39. The molecule has 2 fully saturated rings. The van der Waals surface area contributed by atoms with Gasteiger partial charge in [-0.1, -0.05) is 0 Å². The number of rotatable bonds is 3. The van der Waals surface area contributed by atoms with Crippen LogP contribution in [0, 0.1) is 0 Å². The van der Waals surface area contributed by atoms with Gasteiger partial charge in [0.2, 0.25) is 5.91 Å². The third-order valence-corrected chi connectivity index (χ3v) is 6.44. The number of carbonyl (C=O) groups excluding carboxylic acids is 1. The molecular weight excluding hydrogens is 419 g/mol. The van der Waals surface area contributed by atoms with Crippen LogP contribution in [0.3, 0.4) is 0 Å². The minimum Gasteiger partial charge on any atom is -0.352 e. The number of nitrogens with zero attached hydrogens (tertiary/aromatic N) is 2. The molecule has 2 N–H and O–H groups in total. The summed E-state index contributed by atoms with van der Waals surface area (Å²) < 4.78 is 23.2. The Hall–Kier alpha value is -0.580. The summed E-state index contributed by atoms with van der Waals surface area (Å²) in [4.78, 5) is 17.7. The van der Waals surface area contributed by atoms with Crippen molar-refractivity contribution in [3.8, 4) is 0 Å². The average molecular weight is 444 g/mol. The van der Waals surface area contributed by atoms with Crippen LogP contribution in [0.5, 0.6) is 0 Å². The van der Waals surface area contributed by atoms with Crippen molar-refractivity contribution in [2.45, 2.75) is 37.5 Å². The van der Waals surface area contributed by atoms with Gasteiger partial charge in [-0.25, -0.2) is 8.42 Å². The van der Waals surface area contributed by atoms with Gasteiger partial charge < -0.3 is 15.5 Å². The first-order valence-electron chi connectivity index (χ1n) is 7.22. The van der Waals surface area contributed by atoms with Gasteiger partial charge in [-0.05, 0) is 26.7 Å². The number of amides is 1. The second kappa shape index (κ2) is 7.33. The SMILES string of the molecule is CN=C(NCC(=O)NC1CC1)N1CCS(=O)(=O)C(C)(C)C1.I. The van der Waals surface area contributed by atoms with Crippen molar-refractivity contribution in [1.82, 2.24) is 15.5 Å². The van der Waals surface area contributed by atoms with Crippen molar-refractivity contribution in [2.75, 3.05) is 32.4 Å². The Labute approximate surface area is 149 Å². The Morgan fingerprint density at radius 1 is 1.36 bits per heavy atom. The van der Waals surface area contributed by atoms with Gasteiger partial charge in [-0.15, -0.1) is 24.0 Å². The molecule has 1 saturated carbocycles. The highest BCUT2D eigenvalue weighted by molar-refractivity contribution is 14.0. The fourth-order valence-electron chi connectivity index (χ4n) is 2.32. The van der Waals surface area contributed by atoms with Crippen LogP contribution in [0.25, 0.3) is 0 Å². The molecule has 1 heterocycles. The van der Waals surface area contributed by atoms with Crippen LogP contribution in [0.2, 0.25) is 0 Å². The topological polar surface area (TPSA) is 90.9 Å². The van der Waals surface area contributed by atoms with Gasteiger partial charge in [-0.2, -0.15) is 0 Å². The van der Waals surface area contributed by atoms with E-state index in [9.17, 15) is 13.2 Å². The molecule has 0 atom stereocenters. The van der Waals surface area contributed by atoms with Crippen LogP contribution >= 0.6 is 24.0 Å². The lowest BCUT2D eigenvalue weighted by atomic mass is 10.2. The fourth-order valence-corrected chi connectivity index (χ4v) is 3.69. The molecule has 0 aromatic carbocycles. The van der Waals surface area contributed by atoms with E-state index in [0.717, 1.165) is 12.8 Å². The molecule has 22 heavy (non-hydrogen) atoms. The molecule has 0 aromatic rings. The first kappa shape index (κ1) is 19.5. The van der Waals surface area contributed by atoms with E-state index in [0.29, 0.717) is 25.1 Å². The Morgan fingerprint density at radius 2 is 2.00 bits per heavy atom. The molecule has 1 aliphatic heterocycles. The summed E-state index contributed by atoms with van der Waals surface area (Å²) in [7, 11) is -1.44. The zero-order chi connectivity index (χ0) is 15.7. The Morgan fingerprint density at radius 3 is 2.50 bits per heavy atom. The Balaban J connectivity index is 0.00000242. The minimum atomic E-state index is -3.08. The number of nitrogens with one attached hydrogen (secondary N) is 2. The summed E-state index contributed by atoms with van der Waals surface area (Å²) in [5.41, 5.74) is 0. The number of hydrogen-bond donors (Lipinski definition) is 2. The summed E-state index contributed by atoms with van der Waals surface area (Å²) in [5, 5.41) is 5.90. The second-order valence-corrected chi connectivity index (χ2v) is 8.99. The Bertz CT molecular complexity index is 543. The van der Waals surface area contributed by atoms with E-state index in [1.807, 2.05) is 4.90 Å². The number of aliphatic imine (C=N–C) groups is 1. The van der Waals surface area contributed by atoms with Crippen LogP contribution in [0.15, 0.2) is 4.99 Å². The number of carbonyl (C=O) groups is 1. The van der Waals surface area contributed by atoms with E-state index in [1.165, 1.54) is 0 Å². The minimum absolute atomic E-state index is 0. The second-order valence-electron chi connectivity index (χ2n) is 6.24. The molecule has 0 bridgehead atoms. The summed E-state index contributed by atoms with van der Waals surface area (Å²) in [6.07, 6.45) is 2.11. The molecule has 0 unspecified atom stereocenters. The molecule has 1 saturated heterocycles. The quantitative estimate of drug-likeness (QED) is 0.363. The van der Waals surface area contributed by atoms with Crippen molar-refractivity contribution in [2.24, 2.45) is 4.99 Å². The van der Waals surface area contributed by atoms with E-state index in [4.69, 9.17) is 0 Å². The highest BCUT2D eigenvalue weighted by Crippen LogP contribution is 2.23. The number of hydrogen-bond acceptors (Lipinski definition) is 4. The zero-order valence-electron chi connectivity index (χ0n) is 13.3. The summed E-state index contributed by atoms with van der Waals surface area (Å²) in [5.74, 6) is 0.626. The van der Waals surface area contributed by atoms with Gasteiger partial charge in [0, 0.05) is 26.2 Å². The predicted molar refractivity (Wildman–Crippen MR) is 97.4 cm³/mol. The third kappa shape index (κ3) is 4.71. The van der Waals surface area contributed by atoms with Crippen LogP contribution in [-0.2, 0) is 14.6 Å². The standard InChI is InChI=1S/C13H24N4O3S.HI/c1-13(2)9-17(6-7-21(13,19)20)12(14-3)15-8-11(18)16-10-4-5-10;/h10H,4-9H2,1-3H3,(H,14,15)(H,16,18);1H. The van der Waals surface area contributed by atoms with Crippen LogP contribution in [0.4, 0.5) is 0 Å². The van der Waals surface area contributed by atoms with E-state index < -0.39 is 14.6 Å². The van der Waals surface area contributed by atoms with Crippen molar-refractivity contribution in [3.63, 3.8) is 0 Å². The number of halogens is 1. The summed E-state index contributed by atoms with van der Waals surface area (Å²) in [6, 6.07) is 0.334. The van der Waals surface area contributed by atoms with Crippen molar-refractivity contribution >= 4 is 45.7 Å². The predicted octanol–water partition coefficient (Wildman–Crippen LogP) is -0.0326. The summed E-state index contributed by atoms with van der Waals surface area (Å²) >= 11 is 0. The molecule has 2 aliphatic rings. The zero-order valence-corrected chi connectivity index (χ0v) is 16.4. The maximum absolute atomic E-state index is 12.0. The molecular formula is C13H25IN4O3S. The van der Waals surface area contributed by atoms with Crippen molar-refractivity contribution < 1.29 is 13.2 Å². The summed E-state index contributed by atoms with van der Waals surface area (Å²) in [6.45, 7) is 4.38. The molecule has 0 radical (unpaired) electrons. The molecule has 1 amide bonds. The molecule has 0 aromatic heterocycles. The third-order valence-electron chi connectivity index (χ3n) is 3.90. The smallest absolute Gasteiger partial charge is 0.239 e. The number of guanidine groups is 1. The largest absolute Gasteiger partial charge is 0.352 e. The van der Waals surface area contributed by atoms with E-state index in [2.05, 4.69) is 15.6 Å². The van der Waals surface area contributed by atoms with E-state index >= 15 is 0 Å². The molecule has 128 valence electrons. The van der Waals surface area contributed by atoms with E-state index in [-0.39, 0.29) is 42.2 Å². The van der Waals surface area contributed by atoms with Crippen LogP contribution in [-0.4, -0.2) is 68.4 Å².